The number of esters is 1. The Morgan fingerprint density at radius 2 is 1.63 bits per heavy atom. The lowest BCUT2D eigenvalue weighted by Crippen LogP contribution is -2.48. The van der Waals surface area contributed by atoms with Crippen molar-refractivity contribution in [1.82, 2.24) is 5.32 Å². The second kappa shape index (κ2) is 8.15. The predicted octanol–water partition coefficient (Wildman–Crippen LogP) is 1.45. The molecular weight excluding hydrogens is 244 g/mol. The third-order valence-electron chi connectivity index (χ3n) is 2.86. The molecule has 5 nitrogen and oxygen atoms in total. The van der Waals surface area contributed by atoms with E-state index < -0.39 is 6.04 Å². The molecule has 0 saturated carbocycles. The Labute approximate surface area is 116 Å². The normalized spacial score (nSPS) is 16.1. The molecule has 112 valence electrons. The largest absolute Gasteiger partial charge is 0.461 e. The average Bonchev–Trinajstić information content (AvgIpc) is 2.25. The van der Waals surface area contributed by atoms with Gasteiger partial charge in [0.15, 0.2) is 0 Å². The summed E-state index contributed by atoms with van der Waals surface area (Å²) in [4.78, 5) is 23.9. The number of hydrogen-bond acceptors (Lipinski definition) is 4. The first-order valence-electron chi connectivity index (χ1n) is 6.91. The maximum atomic E-state index is 12.0. The topological polar surface area (TPSA) is 81.4 Å². The number of amides is 1. The molecule has 0 saturated heterocycles. The van der Waals surface area contributed by atoms with Gasteiger partial charge in [0.05, 0.1) is 6.10 Å². The van der Waals surface area contributed by atoms with Crippen molar-refractivity contribution in [3.05, 3.63) is 0 Å². The molecule has 3 atom stereocenters. The maximum Gasteiger partial charge on any atom is 0.328 e. The standard InChI is InChI=1S/C14H28N2O3/c1-8(2)7-12(14(18)19-9(3)4)16-13(17)10(5)11(6)15/h8-12H,7,15H2,1-6H3,(H,16,17)/t10?,11?,12-/m0/s1. The molecule has 0 aliphatic carbocycles. The van der Waals surface area contributed by atoms with E-state index in [2.05, 4.69) is 5.32 Å². The van der Waals surface area contributed by atoms with Crippen LogP contribution in [0, 0.1) is 11.8 Å². The number of carbonyl (C=O) groups excluding carboxylic acids is 2. The third-order valence-corrected chi connectivity index (χ3v) is 2.86. The number of ether oxygens (including phenoxy) is 1. The average molecular weight is 272 g/mol. The van der Waals surface area contributed by atoms with Crippen molar-refractivity contribution in [3.8, 4) is 0 Å². The van der Waals surface area contributed by atoms with Gasteiger partial charge < -0.3 is 15.8 Å². The van der Waals surface area contributed by atoms with Crippen molar-refractivity contribution < 1.29 is 14.3 Å². The van der Waals surface area contributed by atoms with E-state index in [0.29, 0.717) is 6.42 Å². The zero-order valence-corrected chi connectivity index (χ0v) is 12.9. The van der Waals surface area contributed by atoms with Crippen LogP contribution in [0.2, 0.25) is 0 Å². The van der Waals surface area contributed by atoms with E-state index in [-0.39, 0.29) is 35.9 Å². The number of nitrogens with two attached hydrogens (primary N) is 1. The van der Waals surface area contributed by atoms with E-state index in [4.69, 9.17) is 10.5 Å². The van der Waals surface area contributed by atoms with Crippen LogP contribution in [-0.4, -0.2) is 30.1 Å². The quantitative estimate of drug-likeness (QED) is 0.687. The van der Waals surface area contributed by atoms with Gasteiger partial charge in [-0.2, -0.15) is 0 Å². The zero-order valence-electron chi connectivity index (χ0n) is 12.9. The molecule has 3 N–H and O–H groups in total. The molecule has 5 heteroatoms. The molecule has 0 fully saturated rings. The lowest BCUT2D eigenvalue weighted by atomic mass is 10.0. The van der Waals surface area contributed by atoms with Crippen LogP contribution in [0.3, 0.4) is 0 Å². The molecule has 1 amide bonds. The second-order valence-electron chi connectivity index (χ2n) is 5.82. The summed E-state index contributed by atoms with van der Waals surface area (Å²) in [5.74, 6) is -0.632. The van der Waals surface area contributed by atoms with E-state index in [1.807, 2.05) is 13.8 Å². The van der Waals surface area contributed by atoms with E-state index in [1.54, 1.807) is 27.7 Å². The maximum absolute atomic E-state index is 12.0. The van der Waals surface area contributed by atoms with Crippen LogP contribution in [0.5, 0.6) is 0 Å². The summed E-state index contributed by atoms with van der Waals surface area (Å²) in [5.41, 5.74) is 5.69. The molecule has 19 heavy (non-hydrogen) atoms. The first-order chi connectivity index (χ1) is 8.65. The van der Waals surface area contributed by atoms with E-state index in [1.165, 1.54) is 0 Å². The molecule has 0 aromatic heterocycles. The lowest BCUT2D eigenvalue weighted by Gasteiger charge is -2.23. The second-order valence-corrected chi connectivity index (χ2v) is 5.82. The molecule has 0 rings (SSSR count). The molecule has 2 unspecified atom stereocenters. The first kappa shape index (κ1) is 17.9. The molecule has 0 radical (unpaired) electrons. The Bertz CT molecular complexity index is 301. The molecule has 0 aliphatic heterocycles. The van der Waals surface area contributed by atoms with Crippen LogP contribution in [0.4, 0.5) is 0 Å². The van der Waals surface area contributed by atoms with Gasteiger partial charge in [0.25, 0.3) is 0 Å². The molecular formula is C14H28N2O3. The first-order valence-corrected chi connectivity index (χ1v) is 6.91. The van der Waals surface area contributed by atoms with E-state index in [9.17, 15) is 9.59 Å². The van der Waals surface area contributed by atoms with Gasteiger partial charge in [0.2, 0.25) is 5.91 Å². The van der Waals surface area contributed by atoms with Gasteiger partial charge in [0.1, 0.15) is 6.04 Å². The number of nitrogens with one attached hydrogen (secondary N) is 1. The highest BCUT2D eigenvalue weighted by Crippen LogP contribution is 2.09. The fourth-order valence-corrected chi connectivity index (χ4v) is 1.54. The van der Waals surface area contributed by atoms with Crippen LogP contribution in [0.1, 0.15) is 48.0 Å². The van der Waals surface area contributed by atoms with Gasteiger partial charge >= 0.3 is 5.97 Å². The lowest BCUT2D eigenvalue weighted by molar-refractivity contribution is -0.152. The van der Waals surface area contributed by atoms with Gasteiger partial charge in [-0.1, -0.05) is 20.8 Å². The summed E-state index contributed by atoms with van der Waals surface area (Å²) in [7, 11) is 0. The minimum absolute atomic E-state index is 0.190. The van der Waals surface area contributed by atoms with Crippen LogP contribution in [0.25, 0.3) is 0 Å². The van der Waals surface area contributed by atoms with Gasteiger partial charge in [-0.05, 0) is 33.1 Å². The number of carbonyl (C=O) groups is 2. The monoisotopic (exact) mass is 272 g/mol. The van der Waals surface area contributed by atoms with E-state index in [0.717, 1.165) is 0 Å². The van der Waals surface area contributed by atoms with Gasteiger partial charge in [-0.25, -0.2) is 4.79 Å². The zero-order chi connectivity index (χ0) is 15.2. The molecule has 0 aliphatic rings. The van der Waals surface area contributed by atoms with Gasteiger partial charge in [-0.3, -0.25) is 4.79 Å². The highest BCUT2D eigenvalue weighted by molar-refractivity contribution is 5.86. The summed E-state index contributed by atoms with van der Waals surface area (Å²) >= 11 is 0. The van der Waals surface area contributed by atoms with Crippen molar-refractivity contribution in [2.45, 2.75) is 66.2 Å². The highest BCUT2D eigenvalue weighted by atomic mass is 16.5. The van der Waals surface area contributed by atoms with Crippen molar-refractivity contribution in [3.63, 3.8) is 0 Å². The summed E-state index contributed by atoms with van der Waals surface area (Å²) in [6, 6.07) is -0.850. The number of hydrogen-bond donors (Lipinski definition) is 2. The fraction of sp³-hybridized carbons (Fsp3) is 0.857. The summed E-state index contributed by atoms with van der Waals surface area (Å²) in [6.45, 7) is 11.1. The van der Waals surface area contributed by atoms with Crippen LogP contribution in [0.15, 0.2) is 0 Å². The van der Waals surface area contributed by atoms with Crippen molar-refractivity contribution in [2.75, 3.05) is 0 Å². The molecule has 0 bridgehead atoms. The Morgan fingerprint density at radius 3 is 2.00 bits per heavy atom. The van der Waals surface area contributed by atoms with Gasteiger partial charge in [0, 0.05) is 12.0 Å². The summed E-state index contributed by atoms with van der Waals surface area (Å²) < 4.78 is 5.17. The van der Waals surface area contributed by atoms with Crippen molar-refractivity contribution >= 4 is 11.9 Å². The third kappa shape index (κ3) is 7.15. The van der Waals surface area contributed by atoms with E-state index >= 15 is 0 Å². The smallest absolute Gasteiger partial charge is 0.328 e. The Hall–Kier alpha value is -1.10. The van der Waals surface area contributed by atoms with Crippen molar-refractivity contribution in [1.29, 1.82) is 0 Å². The molecule has 0 aromatic rings. The Balaban J connectivity index is 4.68. The summed E-state index contributed by atoms with van der Waals surface area (Å²) in [5, 5.41) is 2.74. The highest BCUT2D eigenvalue weighted by Gasteiger charge is 2.27. The minimum Gasteiger partial charge on any atom is -0.461 e. The van der Waals surface area contributed by atoms with Crippen LogP contribution in [-0.2, 0) is 14.3 Å². The Kier molecular flexibility index (Phi) is 7.68. The molecule has 0 aromatic carbocycles. The van der Waals surface area contributed by atoms with Crippen LogP contribution < -0.4 is 11.1 Å². The number of rotatable bonds is 7. The minimum atomic E-state index is -0.601. The SMILES string of the molecule is CC(C)C[C@H](NC(=O)C(C)C(C)N)C(=O)OC(C)C. The molecule has 0 heterocycles. The summed E-state index contributed by atoms with van der Waals surface area (Å²) in [6.07, 6.45) is 0.369. The van der Waals surface area contributed by atoms with Crippen molar-refractivity contribution in [2.24, 2.45) is 17.6 Å². The molecule has 0 spiro atoms. The Morgan fingerprint density at radius 1 is 1.11 bits per heavy atom. The predicted molar refractivity (Wildman–Crippen MR) is 75.4 cm³/mol. The fourth-order valence-electron chi connectivity index (χ4n) is 1.54. The van der Waals surface area contributed by atoms with Gasteiger partial charge in [-0.15, -0.1) is 0 Å². The van der Waals surface area contributed by atoms with Crippen LogP contribution >= 0.6 is 0 Å².